The molecule has 2 atom stereocenters. The normalized spacial score (nSPS) is 20.5. The summed E-state index contributed by atoms with van der Waals surface area (Å²) in [4.78, 5) is 17.8. The topological polar surface area (TPSA) is 73.9 Å². The first kappa shape index (κ1) is 25.1. The number of halogens is 4. The highest BCUT2D eigenvalue weighted by Crippen LogP contribution is 2.37. The molecular weight excluding hydrogens is 486 g/mol. The minimum absolute atomic E-state index is 0.0855. The Morgan fingerprint density at radius 3 is 2.49 bits per heavy atom. The molecule has 4 heterocycles. The van der Waals surface area contributed by atoms with Gasteiger partial charge in [-0.25, -0.2) is 19.3 Å². The Labute approximate surface area is 212 Å². The van der Waals surface area contributed by atoms with Crippen molar-refractivity contribution in [3.63, 3.8) is 0 Å². The van der Waals surface area contributed by atoms with Gasteiger partial charge in [-0.3, -0.25) is 0 Å². The summed E-state index contributed by atoms with van der Waals surface area (Å²) >= 11 is 0. The average Bonchev–Trinajstić information content (AvgIpc) is 3.26. The number of likely N-dealkylation sites (tertiary alicyclic amines) is 1. The number of rotatable bonds is 6. The van der Waals surface area contributed by atoms with Crippen LogP contribution in [0.25, 0.3) is 11.3 Å². The lowest BCUT2D eigenvalue weighted by Crippen LogP contribution is -2.41. The van der Waals surface area contributed by atoms with Crippen molar-refractivity contribution in [2.75, 3.05) is 37.6 Å². The molecule has 194 valence electrons. The molecule has 0 saturated carbocycles. The lowest BCUT2D eigenvalue weighted by atomic mass is 9.86. The predicted molar refractivity (Wildman–Crippen MR) is 129 cm³/mol. The number of nitrogens with zero attached hydrogens (tertiary/aromatic N) is 7. The van der Waals surface area contributed by atoms with Crippen molar-refractivity contribution >= 4 is 5.95 Å². The molecule has 1 aromatic carbocycles. The van der Waals surface area contributed by atoms with E-state index in [1.165, 1.54) is 24.9 Å². The van der Waals surface area contributed by atoms with Crippen molar-refractivity contribution in [3.05, 3.63) is 59.6 Å². The van der Waals surface area contributed by atoms with Gasteiger partial charge in [0.1, 0.15) is 17.7 Å². The van der Waals surface area contributed by atoms with E-state index in [1.807, 2.05) is 6.07 Å². The molecule has 5 rings (SSSR count). The Bertz CT molecular complexity index is 1290. The number of nitriles is 1. The first-order valence-corrected chi connectivity index (χ1v) is 12.4. The lowest BCUT2D eigenvalue weighted by molar-refractivity contribution is -0.139. The minimum Gasteiger partial charge on any atom is -0.341 e. The van der Waals surface area contributed by atoms with E-state index in [0.717, 1.165) is 44.0 Å². The zero-order valence-corrected chi connectivity index (χ0v) is 20.4. The highest BCUT2D eigenvalue weighted by atomic mass is 19.4. The van der Waals surface area contributed by atoms with Crippen LogP contribution in [0, 0.1) is 23.1 Å². The second-order valence-corrected chi connectivity index (χ2v) is 9.77. The molecule has 2 saturated heterocycles. The quantitative estimate of drug-likeness (QED) is 0.445. The smallest absolute Gasteiger partial charge is 0.341 e. The highest BCUT2D eigenvalue weighted by Gasteiger charge is 2.35. The highest BCUT2D eigenvalue weighted by molar-refractivity contribution is 5.60. The third-order valence-corrected chi connectivity index (χ3v) is 7.27. The Hall–Kier alpha value is -3.52. The molecule has 3 aromatic rings. The van der Waals surface area contributed by atoms with Crippen molar-refractivity contribution in [1.82, 2.24) is 24.4 Å². The van der Waals surface area contributed by atoms with Gasteiger partial charge < -0.3 is 14.4 Å². The number of aromatic nitrogens is 4. The number of hydrogen-bond donors (Lipinski definition) is 0. The maximum Gasteiger partial charge on any atom is 0.419 e. The molecule has 2 aliphatic rings. The van der Waals surface area contributed by atoms with Gasteiger partial charge in [-0.15, -0.1) is 0 Å². The first-order chi connectivity index (χ1) is 17.7. The Morgan fingerprint density at radius 1 is 1.11 bits per heavy atom. The van der Waals surface area contributed by atoms with E-state index < -0.39 is 17.6 Å². The first-order valence-electron chi connectivity index (χ1n) is 12.4. The fourth-order valence-electron chi connectivity index (χ4n) is 5.05. The van der Waals surface area contributed by atoms with Gasteiger partial charge in [0, 0.05) is 43.9 Å². The minimum atomic E-state index is -4.78. The zero-order valence-electron chi connectivity index (χ0n) is 20.4. The van der Waals surface area contributed by atoms with Gasteiger partial charge in [0.15, 0.2) is 0 Å². The van der Waals surface area contributed by atoms with Crippen LogP contribution >= 0.6 is 0 Å². The van der Waals surface area contributed by atoms with Crippen LogP contribution in [0.15, 0.2) is 36.8 Å². The maximum atomic E-state index is 13.9. The van der Waals surface area contributed by atoms with E-state index in [2.05, 4.69) is 31.3 Å². The summed E-state index contributed by atoms with van der Waals surface area (Å²) in [6.45, 7) is 7.10. The molecule has 0 amide bonds. The Morgan fingerprint density at radius 2 is 1.86 bits per heavy atom. The van der Waals surface area contributed by atoms with Crippen molar-refractivity contribution in [1.29, 1.82) is 5.26 Å². The second-order valence-electron chi connectivity index (χ2n) is 9.77. The molecule has 0 radical (unpaired) electrons. The van der Waals surface area contributed by atoms with Gasteiger partial charge in [0.2, 0.25) is 5.95 Å². The van der Waals surface area contributed by atoms with Crippen LogP contribution in [0.3, 0.4) is 0 Å². The van der Waals surface area contributed by atoms with Crippen molar-refractivity contribution in [2.45, 2.75) is 38.4 Å². The summed E-state index contributed by atoms with van der Waals surface area (Å²) in [6, 6.07) is 5.07. The van der Waals surface area contributed by atoms with E-state index in [9.17, 15) is 17.6 Å². The molecule has 37 heavy (non-hydrogen) atoms. The van der Waals surface area contributed by atoms with Gasteiger partial charge in [0.25, 0.3) is 0 Å². The van der Waals surface area contributed by atoms with Crippen molar-refractivity contribution in [2.24, 2.45) is 5.92 Å². The molecule has 0 bridgehead atoms. The number of imidazole rings is 1. The Kier molecular flexibility index (Phi) is 6.86. The number of hydrogen-bond acceptors (Lipinski definition) is 6. The predicted octanol–water partition coefficient (Wildman–Crippen LogP) is 4.71. The van der Waals surface area contributed by atoms with Gasteiger partial charge in [0.05, 0.1) is 29.2 Å². The largest absolute Gasteiger partial charge is 0.419 e. The van der Waals surface area contributed by atoms with Gasteiger partial charge in [-0.05, 0) is 50.0 Å². The summed E-state index contributed by atoms with van der Waals surface area (Å²) in [7, 11) is 0. The molecule has 11 heteroatoms. The van der Waals surface area contributed by atoms with E-state index in [0.29, 0.717) is 36.8 Å². The standard InChI is InChI=1S/C26H27F4N7/c1-17-15-37(25-32-13-18(12-31)14-33-25)8-5-20(17)24-34-23(16-36(24)10-9-35-6-2-7-35)19-3-4-22(27)21(11-19)26(28,29)30/h3-4,11,13-14,16-17,20H,2,5-10,15H2,1H3/t17?,20-/m0/s1. The molecule has 7 nitrogen and oxygen atoms in total. The zero-order chi connectivity index (χ0) is 26.2. The van der Waals surface area contributed by atoms with E-state index in [4.69, 9.17) is 10.2 Å². The van der Waals surface area contributed by atoms with E-state index >= 15 is 0 Å². The second kappa shape index (κ2) is 10.1. The Balaban J connectivity index is 1.42. The summed E-state index contributed by atoms with van der Waals surface area (Å²) in [5.74, 6) is 0.366. The van der Waals surface area contributed by atoms with Crippen LogP contribution in [-0.4, -0.2) is 57.1 Å². The van der Waals surface area contributed by atoms with E-state index in [1.54, 1.807) is 6.20 Å². The molecule has 0 aliphatic carbocycles. The van der Waals surface area contributed by atoms with Crippen LogP contribution in [0.5, 0.6) is 0 Å². The molecule has 2 aromatic heterocycles. The van der Waals surface area contributed by atoms with Crippen LogP contribution in [-0.2, 0) is 12.7 Å². The van der Waals surface area contributed by atoms with E-state index in [-0.39, 0.29) is 17.4 Å². The average molecular weight is 514 g/mol. The molecule has 0 N–H and O–H groups in total. The SMILES string of the molecule is CC1CN(c2ncc(C#N)cn2)CC[C@@H]1c1nc(-c2ccc(F)c(C(F)(F)F)c2)cn1CCN1CCC1. The third-order valence-electron chi connectivity index (χ3n) is 7.27. The number of benzene rings is 1. The molecule has 2 fully saturated rings. The van der Waals surface area contributed by atoms with Crippen LogP contribution in [0.2, 0.25) is 0 Å². The number of alkyl halides is 3. The monoisotopic (exact) mass is 513 g/mol. The lowest BCUT2D eigenvalue weighted by Gasteiger charge is -2.37. The fraction of sp³-hybridized carbons (Fsp3) is 0.462. The van der Waals surface area contributed by atoms with Crippen LogP contribution in [0.1, 0.15) is 42.6 Å². The molecule has 1 unspecified atom stereocenters. The third kappa shape index (κ3) is 5.30. The van der Waals surface area contributed by atoms with Crippen molar-refractivity contribution in [3.8, 4) is 17.3 Å². The summed E-state index contributed by atoms with van der Waals surface area (Å²) < 4.78 is 56.0. The van der Waals surface area contributed by atoms with Gasteiger partial charge >= 0.3 is 6.18 Å². The van der Waals surface area contributed by atoms with Crippen molar-refractivity contribution < 1.29 is 17.6 Å². The summed E-state index contributed by atoms with van der Waals surface area (Å²) in [5, 5.41) is 8.99. The number of anilines is 1. The summed E-state index contributed by atoms with van der Waals surface area (Å²) in [6.07, 6.45) is 1.97. The maximum absolute atomic E-state index is 13.9. The number of piperidine rings is 1. The molecule has 0 spiro atoms. The fourth-order valence-corrected chi connectivity index (χ4v) is 5.05. The van der Waals surface area contributed by atoms with Crippen LogP contribution < -0.4 is 4.90 Å². The van der Waals surface area contributed by atoms with Crippen LogP contribution in [0.4, 0.5) is 23.5 Å². The molecule has 2 aliphatic heterocycles. The van der Waals surface area contributed by atoms with Gasteiger partial charge in [-0.2, -0.15) is 18.4 Å². The molecular formula is C26H27F4N7. The van der Waals surface area contributed by atoms with Gasteiger partial charge in [-0.1, -0.05) is 6.92 Å². The summed E-state index contributed by atoms with van der Waals surface area (Å²) in [5.41, 5.74) is -0.230.